The molecule has 35 heavy (non-hydrogen) atoms. The molecule has 1 saturated carbocycles. The molecule has 2 aromatic carbocycles. The Morgan fingerprint density at radius 3 is 2.40 bits per heavy atom. The minimum atomic E-state index is -4.52. The first-order chi connectivity index (χ1) is 16.8. The first kappa shape index (κ1) is 23.1. The van der Waals surface area contributed by atoms with E-state index in [9.17, 15) is 18.0 Å². The van der Waals surface area contributed by atoms with Gasteiger partial charge in [-0.2, -0.15) is 13.2 Å². The molecule has 0 spiro atoms. The number of alkyl halides is 3. The number of pyridine rings is 2. The molecule has 0 atom stereocenters. The van der Waals surface area contributed by atoms with Crippen molar-refractivity contribution in [1.29, 1.82) is 0 Å². The van der Waals surface area contributed by atoms with E-state index in [0.717, 1.165) is 42.5 Å². The summed E-state index contributed by atoms with van der Waals surface area (Å²) in [5.74, 6) is -0.206. The van der Waals surface area contributed by atoms with Gasteiger partial charge in [0.05, 0.1) is 5.52 Å². The highest BCUT2D eigenvalue weighted by Gasteiger charge is 2.34. The van der Waals surface area contributed by atoms with Crippen LogP contribution in [0, 0.1) is 0 Å². The average molecular weight is 479 g/mol. The molecule has 5 nitrogen and oxygen atoms in total. The molecule has 0 unspecified atom stereocenters. The van der Waals surface area contributed by atoms with Gasteiger partial charge in [0.25, 0.3) is 5.91 Å². The van der Waals surface area contributed by atoms with Gasteiger partial charge >= 0.3 is 6.18 Å². The topological polar surface area (TPSA) is 58.1 Å². The molecule has 1 N–H and O–H groups in total. The molecule has 2 aromatic heterocycles. The lowest BCUT2D eigenvalue weighted by atomic mass is 9.89. The number of aromatic nitrogens is 2. The predicted octanol–water partition coefficient (Wildman–Crippen LogP) is 5.98. The van der Waals surface area contributed by atoms with Crippen LogP contribution in [0.15, 0.2) is 66.9 Å². The number of amides is 1. The summed E-state index contributed by atoms with van der Waals surface area (Å²) in [6.45, 7) is 0. The lowest BCUT2D eigenvalue weighted by molar-refractivity contribution is -0.140. The molecule has 0 aliphatic heterocycles. The van der Waals surface area contributed by atoms with Crippen molar-refractivity contribution in [3.8, 4) is 0 Å². The molecule has 1 aliphatic rings. The van der Waals surface area contributed by atoms with E-state index in [1.54, 1.807) is 30.5 Å². The molecule has 0 bridgehead atoms. The fraction of sp³-hybridized carbons (Fsp3) is 0.296. The zero-order chi connectivity index (χ0) is 24.6. The number of carbonyl (C=O) groups excluding carboxylic acids is 1. The van der Waals surface area contributed by atoms with Crippen LogP contribution in [0.2, 0.25) is 0 Å². The molecular formula is C27H25F3N4O. The first-order valence-electron chi connectivity index (χ1n) is 11.6. The average Bonchev–Trinajstić information content (AvgIpc) is 2.87. The first-order valence-corrected chi connectivity index (χ1v) is 11.6. The maximum atomic E-state index is 13.5. The van der Waals surface area contributed by atoms with Crippen LogP contribution in [-0.4, -0.2) is 35.0 Å². The van der Waals surface area contributed by atoms with Crippen molar-refractivity contribution in [3.05, 3.63) is 78.2 Å². The Balaban J connectivity index is 1.28. The SMILES string of the molecule is CN(c1cc(C(F)(F)F)nc2ccccc12)[C@H]1CC[C@@H](NC(=O)c2cc3ccccc3cn2)CC1. The number of nitrogens with zero attached hydrogens (tertiary/aromatic N) is 3. The zero-order valence-electron chi connectivity index (χ0n) is 19.2. The molecule has 8 heteroatoms. The van der Waals surface area contributed by atoms with E-state index in [1.807, 2.05) is 42.3 Å². The van der Waals surface area contributed by atoms with Gasteiger partial charge in [0, 0.05) is 41.8 Å². The summed E-state index contributed by atoms with van der Waals surface area (Å²) in [7, 11) is 1.84. The second-order valence-corrected chi connectivity index (χ2v) is 9.05. The van der Waals surface area contributed by atoms with Gasteiger partial charge in [-0.1, -0.05) is 42.5 Å². The van der Waals surface area contributed by atoms with Crippen LogP contribution < -0.4 is 10.2 Å². The third-order valence-corrected chi connectivity index (χ3v) is 6.81. The third kappa shape index (κ3) is 4.78. The number of anilines is 1. The summed E-state index contributed by atoms with van der Waals surface area (Å²) in [6, 6.07) is 17.6. The van der Waals surface area contributed by atoms with Gasteiger partial charge in [-0.3, -0.25) is 9.78 Å². The number of para-hydroxylation sites is 1. The van der Waals surface area contributed by atoms with Crippen molar-refractivity contribution in [3.63, 3.8) is 0 Å². The number of benzene rings is 2. The highest BCUT2D eigenvalue weighted by molar-refractivity contribution is 5.96. The second kappa shape index (κ2) is 9.17. The van der Waals surface area contributed by atoms with Gasteiger partial charge in [-0.15, -0.1) is 0 Å². The number of hydrogen-bond acceptors (Lipinski definition) is 4. The number of fused-ring (bicyclic) bond motifs is 2. The number of hydrogen-bond donors (Lipinski definition) is 1. The summed E-state index contributed by atoms with van der Waals surface area (Å²) < 4.78 is 40.4. The largest absolute Gasteiger partial charge is 0.433 e. The zero-order valence-corrected chi connectivity index (χ0v) is 19.2. The van der Waals surface area contributed by atoms with Crippen LogP contribution in [0.3, 0.4) is 0 Å². The standard InChI is InChI=1S/C27H25F3N4O/c1-34(24-15-25(27(28,29)30)33-22-9-5-4-8-21(22)24)20-12-10-19(11-13-20)32-26(35)23-14-17-6-2-3-7-18(17)16-31-23/h2-9,14-16,19-20H,10-13H2,1H3,(H,32,35)/t19-,20+. The highest BCUT2D eigenvalue weighted by Crippen LogP contribution is 2.36. The van der Waals surface area contributed by atoms with Crippen LogP contribution >= 0.6 is 0 Å². The molecule has 4 aromatic rings. The van der Waals surface area contributed by atoms with Crippen LogP contribution in [0.1, 0.15) is 41.9 Å². The summed E-state index contributed by atoms with van der Waals surface area (Å²) in [4.78, 5) is 22.8. The van der Waals surface area contributed by atoms with Gasteiger partial charge < -0.3 is 10.2 Å². The Morgan fingerprint density at radius 1 is 0.971 bits per heavy atom. The quantitative estimate of drug-likeness (QED) is 0.392. The van der Waals surface area contributed by atoms with Crippen molar-refractivity contribution < 1.29 is 18.0 Å². The second-order valence-electron chi connectivity index (χ2n) is 9.05. The van der Waals surface area contributed by atoms with E-state index < -0.39 is 11.9 Å². The lowest BCUT2D eigenvalue weighted by Gasteiger charge is -2.36. The minimum Gasteiger partial charge on any atom is -0.371 e. The fourth-order valence-corrected chi connectivity index (χ4v) is 4.87. The highest BCUT2D eigenvalue weighted by atomic mass is 19.4. The molecule has 1 fully saturated rings. The van der Waals surface area contributed by atoms with E-state index in [1.165, 1.54) is 0 Å². The van der Waals surface area contributed by atoms with Crippen molar-refractivity contribution in [1.82, 2.24) is 15.3 Å². The summed E-state index contributed by atoms with van der Waals surface area (Å²) in [5.41, 5.74) is 0.344. The minimum absolute atomic E-state index is 0.000315. The maximum Gasteiger partial charge on any atom is 0.433 e. The summed E-state index contributed by atoms with van der Waals surface area (Å²) >= 11 is 0. The smallest absolute Gasteiger partial charge is 0.371 e. The summed E-state index contributed by atoms with van der Waals surface area (Å²) in [6.07, 6.45) is 0.171. The van der Waals surface area contributed by atoms with Crippen LogP contribution in [0.25, 0.3) is 21.7 Å². The Bertz CT molecular complexity index is 1380. The molecule has 2 heterocycles. The van der Waals surface area contributed by atoms with E-state index in [4.69, 9.17) is 0 Å². The molecule has 1 amide bonds. The van der Waals surface area contributed by atoms with Crippen LogP contribution in [-0.2, 0) is 6.18 Å². The predicted molar refractivity (Wildman–Crippen MR) is 130 cm³/mol. The van der Waals surface area contributed by atoms with Gasteiger partial charge in [-0.25, -0.2) is 4.98 Å². The van der Waals surface area contributed by atoms with E-state index in [0.29, 0.717) is 22.3 Å². The van der Waals surface area contributed by atoms with Gasteiger partial charge in [-0.05, 0) is 49.3 Å². The molecule has 0 saturated heterocycles. The normalized spacial score (nSPS) is 18.5. The van der Waals surface area contributed by atoms with Gasteiger partial charge in [0.1, 0.15) is 11.4 Å². The Kier molecular flexibility index (Phi) is 6.05. The van der Waals surface area contributed by atoms with Gasteiger partial charge in [0.15, 0.2) is 0 Å². The van der Waals surface area contributed by atoms with Crippen LogP contribution in [0.5, 0.6) is 0 Å². The van der Waals surface area contributed by atoms with Crippen molar-refractivity contribution >= 4 is 33.3 Å². The molecular weight excluding hydrogens is 453 g/mol. The van der Waals surface area contributed by atoms with Crippen molar-refractivity contribution in [2.75, 3.05) is 11.9 Å². The van der Waals surface area contributed by atoms with E-state index >= 15 is 0 Å². The molecule has 1 aliphatic carbocycles. The van der Waals surface area contributed by atoms with E-state index in [-0.39, 0.29) is 18.0 Å². The van der Waals surface area contributed by atoms with Crippen molar-refractivity contribution in [2.45, 2.75) is 43.9 Å². The van der Waals surface area contributed by atoms with Crippen molar-refractivity contribution in [2.24, 2.45) is 0 Å². The summed E-state index contributed by atoms with van der Waals surface area (Å²) in [5, 5.41) is 5.71. The number of carbonyl (C=O) groups is 1. The molecule has 180 valence electrons. The monoisotopic (exact) mass is 478 g/mol. The Morgan fingerprint density at radius 2 is 1.66 bits per heavy atom. The number of nitrogens with one attached hydrogen (secondary N) is 1. The lowest BCUT2D eigenvalue weighted by Crippen LogP contribution is -2.43. The molecule has 0 radical (unpaired) electrons. The Hall–Kier alpha value is -3.68. The Labute approximate surface area is 201 Å². The van der Waals surface area contributed by atoms with Crippen LogP contribution in [0.4, 0.5) is 18.9 Å². The maximum absolute atomic E-state index is 13.5. The number of halogens is 3. The number of rotatable bonds is 4. The van der Waals surface area contributed by atoms with E-state index in [2.05, 4.69) is 15.3 Å². The molecule has 5 rings (SSSR count). The third-order valence-electron chi connectivity index (χ3n) is 6.81. The van der Waals surface area contributed by atoms with Gasteiger partial charge in [0.2, 0.25) is 0 Å². The fourth-order valence-electron chi connectivity index (χ4n) is 4.87.